The summed E-state index contributed by atoms with van der Waals surface area (Å²) in [6.45, 7) is 2.15. The second kappa shape index (κ2) is 4.17. The van der Waals surface area contributed by atoms with Crippen molar-refractivity contribution >= 4 is 11.9 Å². The van der Waals surface area contributed by atoms with E-state index in [1.165, 1.54) is 7.11 Å². The third-order valence-corrected chi connectivity index (χ3v) is 4.41. The van der Waals surface area contributed by atoms with Gasteiger partial charge in [-0.25, -0.2) is 4.79 Å². The van der Waals surface area contributed by atoms with Crippen molar-refractivity contribution in [2.75, 3.05) is 7.11 Å². The highest BCUT2D eigenvalue weighted by Crippen LogP contribution is 2.66. The summed E-state index contributed by atoms with van der Waals surface area (Å²) < 4.78 is 4.64. The number of hydrogen-bond donors (Lipinski definition) is 1. The van der Waals surface area contributed by atoms with Gasteiger partial charge < -0.3 is 9.84 Å². The van der Waals surface area contributed by atoms with Crippen molar-refractivity contribution in [1.82, 2.24) is 0 Å². The van der Waals surface area contributed by atoms with E-state index in [-0.39, 0.29) is 11.4 Å². The number of allylic oxidation sites excluding steroid dienone is 1. The highest BCUT2D eigenvalue weighted by Gasteiger charge is 2.60. The fourth-order valence-corrected chi connectivity index (χ4v) is 3.13. The van der Waals surface area contributed by atoms with Gasteiger partial charge in [0, 0.05) is 12.0 Å². The minimum atomic E-state index is -0.800. The molecule has 0 aromatic heterocycles. The van der Waals surface area contributed by atoms with E-state index in [9.17, 15) is 9.59 Å². The van der Waals surface area contributed by atoms with Gasteiger partial charge in [-0.1, -0.05) is 13.0 Å². The van der Waals surface area contributed by atoms with Crippen LogP contribution < -0.4 is 0 Å². The van der Waals surface area contributed by atoms with Gasteiger partial charge in [-0.05, 0) is 36.5 Å². The number of esters is 1. The average molecular weight is 238 g/mol. The molecule has 0 radical (unpaired) electrons. The number of carbonyl (C=O) groups is 2. The predicted molar refractivity (Wildman–Crippen MR) is 61.3 cm³/mol. The lowest BCUT2D eigenvalue weighted by molar-refractivity contribution is -0.141. The number of rotatable bonds is 4. The molecular formula is C13H18O4. The molecule has 0 aliphatic heterocycles. The summed E-state index contributed by atoms with van der Waals surface area (Å²) in [4.78, 5) is 22.0. The maximum atomic E-state index is 11.1. The average Bonchev–Trinajstić information content (AvgIpc) is 2.92. The SMILES string of the molecule is COC(=O)CC[C@@]1(C)[C@@H]2C=C(C(=O)O)CC[C@@H]21. The Morgan fingerprint density at radius 2 is 2.29 bits per heavy atom. The number of ether oxygens (including phenoxy) is 1. The van der Waals surface area contributed by atoms with Gasteiger partial charge in [0.25, 0.3) is 0 Å². The lowest BCUT2D eigenvalue weighted by Gasteiger charge is -2.09. The third-order valence-electron chi connectivity index (χ3n) is 4.41. The number of methoxy groups -OCH3 is 1. The number of carboxylic acid groups (broad SMARTS) is 1. The second-order valence-corrected chi connectivity index (χ2v) is 5.25. The highest BCUT2D eigenvalue weighted by atomic mass is 16.5. The molecule has 0 aromatic rings. The highest BCUT2D eigenvalue weighted by molar-refractivity contribution is 5.87. The normalized spacial score (nSPS) is 34.6. The quantitative estimate of drug-likeness (QED) is 0.761. The van der Waals surface area contributed by atoms with Crippen molar-refractivity contribution in [2.24, 2.45) is 17.3 Å². The molecule has 0 heterocycles. The minimum absolute atomic E-state index is 0.103. The van der Waals surface area contributed by atoms with Crippen LogP contribution in [0.25, 0.3) is 0 Å². The smallest absolute Gasteiger partial charge is 0.331 e. The molecule has 0 spiro atoms. The molecule has 17 heavy (non-hydrogen) atoms. The van der Waals surface area contributed by atoms with Crippen LogP contribution in [0.5, 0.6) is 0 Å². The first-order chi connectivity index (χ1) is 7.99. The van der Waals surface area contributed by atoms with Gasteiger partial charge in [0.15, 0.2) is 0 Å². The Labute approximate surface area is 101 Å². The predicted octanol–water partition coefficient (Wildman–Crippen LogP) is 2.00. The van der Waals surface area contributed by atoms with Crippen molar-refractivity contribution in [2.45, 2.75) is 32.6 Å². The Morgan fingerprint density at radius 1 is 1.59 bits per heavy atom. The van der Waals surface area contributed by atoms with E-state index >= 15 is 0 Å². The summed E-state index contributed by atoms with van der Waals surface area (Å²) in [7, 11) is 1.40. The molecule has 2 aliphatic carbocycles. The molecule has 1 fully saturated rings. The molecule has 2 aliphatic rings. The summed E-state index contributed by atoms with van der Waals surface area (Å²) >= 11 is 0. The number of hydrogen-bond acceptors (Lipinski definition) is 3. The summed E-state index contributed by atoms with van der Waals surface area (Å²) in [6, 6.07) is 0. The van der Waals surface area contributed by atoms with Crippen molar-refractivity contribution in [3.05, 3.63) is 11.6 Å². The zero-order chi connectivity index (χ0) is 12.6. The molecular weight excluding hydrogens is 220 g/mol. The lowest BCUT2D eigenvalue weighted by atomic mass is 9.97. The molecule has 0 saturated heterocycles. The first-order valence-corrected chi connectivity index (χ1v) is 6.00. The molecule has 1 saturated carbocycles. The second-order valence-electron chi connectivity index (χ2n) is 5.25. The topological polar surface area (TPSA) is 63.6 Å². The Morgan fingerprint density at radius 3 is 2.88 bits per heavy atom. The van der Waals surface area contributed by atoms with Gasteiger partial charge >= 0.3 is 11.9 Å². The molecule has 0 amide bonds. The first-order valence-electron chi connectivity index (χ1n) is 6.00. The summed E-state index contributed by atoms with van der Waals surface area (Å²) in [5.41, 5.74) is 0.638. The molecule has 0 unspecified atom stereocenters. The van der Waals surface area contributed by atoms with Gasteiger partial charge in [-0.3, -0.25) is 4.79 Å². The summed E-state index contributed by atoms with van der Waals surface area (Å²) in [5.74, 6) is -0.0924. The molecule has 2 rings (SSSR count). The molecule has 3 atom stereocenters. The Hall–Kier alpha value is -1.32. The number of carboxylic acids is 1. The van der Waals surface area contributed by atoms with E-state index in [4.69, 9.17) is 5.11 Å². The van der Waals surface area contributed by atoms with E-state index in [1.54, 1.807) is 0 Å². The lowest BCUT2D eigenvalue weighted by Crippen LogP contribution is -2.06. The standard InChI is InChI=1S/C13H18O4/c1-13(6-5-11(14)17-2)9-4-3-8(12(15)16)7-10(9)13/h7,9-10H,3-6H2,1-2H3,(H,15,16)/t9-,10+,13+/m0/s1. The van der Waals surface area contributed by atoms with E-state index in [1.807, 2.05) is 6.08 Å². The molecule has 0 bridgehead atoms. The van der Waals surface area contributed by atoms with Crippen LogP contribution in [0, 0.1) is 17.3 Å². The molecule has 94 valence electrons. The van der Waals surface area contributed by atoms with Gasteiger partial charge in [0.05, 0.1) is 7.11 Å². The van der Waals surface area contributed by atoms with Crippen LogP contribution in [0.2, 0.25) is 0 Å². The molecule has 4 nitrogen and oxygen atoms in total. The monoisotopic (exact) mass is 238 g/mol. The summed E-state index contributed by atoms with van der Waals surface area (Å²) in [5, 5.41) is 8.96. The van der Waals surface area contributed by atoms with Crippen LogP contribution in [-0.2, 0) is 14.3 Å². The van der Waals surface area contributed by atoms with E-state index in [0.29, 0.717) is 30.3 Å². The fourth-order valence-electron chi connectivity index (χ4n) is 3.13. The number of aliphatic carboxylic acids is 1. The zero-order valence-electron chi connectivity index (χ0n) is 10.2. The Balaban J connectivity index is 1.98. The van der Waals surface area contributed by atoms with E-state index < -0.39 is 5.97 Å². The van der Waals surface area contributed by atoms with Crippen molar-refractivity contribution in [1.29, 1.82) is 0 Å². The van der Waals surface area contributed by atoms with Gasteiger partial charge in [0.2, 0.25) is 0 Å². The Kier molecular flexibility index (Phi) is 2.98. The zero-order valence-corrected chi connectivity index (χ0v) is 10.2. The van der Waals surface area contributed by atoms with Gasteiger partial charge in [0.1, 0.15) is 0 Å². The van der Waals surface area contributed by atoms with Crippen molar-refractivity contribution in [3.63, 3.8) is 0 Å². The van der Waals surface area contributed by atoms with E-state index in [0.717, 1.165) is 12.8 Å². The van der Waals surface area contributed by atoms with Crippen LogP contribution in [0.1, 0.15) is 32.6 Å². The number of carbonyl (C=O) groups excluding carboxylic acids is 1. The third kappa shape index (κ3) is 2.08. The van der Waals surface area contributed by atoms with Crippen LogP contribution in [-0.4, -0.2) is 24.2 Å². The number of fused-ring (bicyclic) bond motifs is 1. The van der Waals surface area contributed by atoms with Crippen molar-refractivity contribution < 1.29 is 19.4 Å². The van der Waals surface area contributed by atoms with Gasteiger partial charge in [-0.2, -0.15) is 0 Å². The fraction of sp³-hybridized carbons (Fsp3) is 0.692. The van der Waals surface area contributed by atoms with Crippen LogP contribution >= 0.6 is 0 Å². The largest absolute Gasteiger partial charge is 0.478 e. The maximum absolute atomic E-state index is 11.1. The van der Waals surface area contributed by atoms with Crippen LogP contribution in [0.15, 0.2) is 11.6 Å². The van der Waals surface area contributed by atoms with Crippen LogP contribution in [0.4, 0.5) is 0 Å². The molecule has 0 aromatic carbocycles. The summed E-state index contributed by atoms with van der Waals surface area (Å²) in [6.07, 6.45) is 4.70. The van der Waals surface area contributed by atoms with E-state index in [2.05, 4.69) is 11.7 Å². The Bertz CT molecular complexity index is 385. The molecule has 1 N–H and O–H groups in total. The van der Waals surface area contributed by atoms with Crippen LogP contribution in [0.3, 0.4) is 0 Å². The maximum Gasteiger partial charge on any atom is 0.331 e. The van der Waals surface area contributed by atoms with Gasteiger partial charge in [-0.15, -0.1) is 0 Å². The minimum Gasteiger partial charge on any atom is -0.478 e. The van der Waals surface area contributed by atoms with Crippen molar-refractivity contribution in [3.8, 4) is 0 Å². The first kappa shape index (κ1) is 12.1. The molecule has 4 heteroatoms.